The van der Waals surface area contributed by atoms with E-state index in [0.717, 1.165) is 12.8 Å². The molecule has 1 aliphatic carbocycles. The first-order valence-electron chi connectivity index (χ1n) is 8.47. The van der Waals surface area contributed by atoms with E-state index >= 15 is 0 Å². The Labute approximate surface area is 151 Å². The first kappa shape index (κ1) is 17.5. The van der Waals surface area contributed by atoms with Crippen LogP contribution in [-0.2, 0) is 4.79 Å². The van der Waals surface area contributed by atoms with Crippen molar-refractivity contribution in [3.63, 3.8) is 0 Å². The van der Waals surface area contributed by atoms with Gasteiger partial charge in [-0.15, -0.1) is 10.2 Å². The van der Waals surface area contributed by atoms with Crippen molar-refractivity contribution in [3.05, 3.63) is 35.7 Å². The Hall–Kier alpha value is -2.33. The zero-order valence-electron chi connectivity index (χ0n) is 14.1. The minimum atomic E-state index is -0.384. The number of nitrogens with one attached hydrogen (secondary N) is 1. The molecule has 0 radical (unpaired) electrons. The highest BCUT2D eigenvalue weighted by molar-refractivity contribution is 8.00. The third kappa shape index (κ3) is 4.60. The Morgan fingerprint density at radius 1 is 1.36 bits per heavy atom. The number of amides is 1. The molecule has 1 fully saturated rings. The molecule has 25 heavy (non-hydrogen) atoms. The van der Waals surface area contributed by atoms with Gasteiger partial charge < -0.3 is 9.73 Å². The van der Waals surface area contributed by atoms with Crippen molar-refractivity contribution in [3.8, 4) is 6.07 Å². The van der Waals surface area contributed by atoms with E-state index in [9.17, 15) is 4.79 Å². The third-order valence-electron chi connectivity index (χ3n) is 4.28. The van der Waals surface area contributed by atoms with E-state index in [1.165, 1.54) is 31.0 Å². The smallest absolute Gasteiger partial charge is 0.277 e. The molecule has 1 aromatic heterocycles. The zero-order chi connectivity index (χ0) is 17.6. The van der Waals surface area contributed by atoms with Crippen LogP contribution in [0.2, 0.25) is 0 Å². The van der Waals surface area contributed by atoms with Crippen LogP contribution in [0.4, 0.5) is 5.69 Å². The minimum absolute atomic E-state index is 0.169. The Morgan fingerprint density at radius 2 is 2.16 bits per heavy atom. The van der Waals surface area contributed by atoms with E-state index in [-0.39, 0.29) is 11.2 Å². The summed E-state index contributed by atoms with van der Waals surface area (Å²) in [6.07, 6.45) is 5.87. The van der Waals surface area contributed by atoms with Gasteiger partial charge in [-0.2, -0.15) is 5.26 Å². The second-order valence-electron chi connectivity index (χ2n) is 6.18. The predicted molar refractivity (Wildman–Crippen MR) is 95.2 cm³/mol. The molecular weight excluding hydrogens is 336 g/mol. The molecule has 0 bridgehead atoms. The second-order valence-corrected chi connectivity index (χ2v) is 7.48. The highest BCUT2D eigenvalue weighted by atomic mass is 32.2. The molecule has 1 saturated carbocycles. The average Bonchev–Trinajstić information content (AvgIpc) is 3.11. The number of nitrogens with zero attached hydrogens (tertiary/aromatic N) is 3. The number of nitriles is 1. The van der Waals surface area contributed by atoms with E-state index in [1.54, 1.807) is 31.2 Å². The molecule has 0 unspecified atom stereocenters. The maximum absolute atomic E-state index is 12.3. The number of rotatable bonds is 5. The van der Waals surface area contributed by atoms with Gasteiger partial charge in [0.15, 0.2) is 0 Å². The van der Waals surface area contributed by atoms with Crippen LogP contribution in [0, 0.1) is 11.3 Å². The summed E-state index contributed by atoms with van der Waals surface area (Å²) in [4.78, 5) is 12.3. The normalized spacial score (nSPS) is 16.2. The number of carbonyl (C=O) groups excluding carboxylic acids is 1. The van der Waals surface area contributed by atoms with Crippen LogP contribution in [0.3, 0.4) is 0 Å². The molecule has 1 amide bonds. The summed E-state index contributed by atoms with van der Waals surface area (Å²) >= 11 is 1.25. The first-order chi connectivity index (χ1) is 12.2. The van der Waals surface area contributed by atoms with Gasteiger partial charge in [-0.25, -0.2) is 0 Å². The van der Waals surface area contributed by atoms with Crippen LogP contribution < -0.4 is 5.32 Å². The number of thioether (sulfide) groups is 1. The predicted octanol–water partition coefficient (Wildman–Crippen LogP) is 4.11. The lowest BCUT2D eigenvalue weighted by Crippen LogP contribution is -2.22. The molecule has 1 heterocycles. The van der Waals surface area contributed by atoms with E-state index in [4.69, 9.17) is 9.68 Å². The number of anilines is 1. The molecule has 130 valence electrons. The summed E-state index contributed by atoms with van der Waals surface area (Å²) in [7, 11) is 0. The van der Waals surface area contributed by atoms with Gasteiger partial charge in [0.2, 0.25) is 11.8 Å². The van der Waals surface area contributed by atoms with Gasteiger partial charge in [0.25, 0.3) is 5.22 Å². The standard InChI is InChI=1S/C18H20N4O2S/c1-12(16(23)20-15-9-5-6-13(10-15)11-19)25-18-22-21-17(24-18)14-7-3-2-4-8-14/h5-6,9-10,12,14H,2-4,7-8H2,1H3,(H,20,23)/t12-/m1/s1. The van der Waals surface area contributed by atoms with E-state index in [2.05, 4.69) is 21.6 Å². The van der Waals surface area contributed by atoms with Gasteiger partial charge in [0.05, 0.1) is 16.9 Å². The number of hydrogen-bond acceptors (Lipinski definition) is 6. The van der Waals surface area contributed by atoms with Gasteiger partial charge in [0, 0.05) is 11.6 Å². The lowest BCUT2D eigenvalue weighted by Gasteiger charge is -2.17. The molecule has 6 nitrogen and oxygen atoms in total. The number of aromatic nitrogens is 2. The number of carbonyl (C=O) groups is 1. The summed E-state index contributed by atoms with van der Waals surface area (Å²) < 4.78 is 5.75. The van der Waals surface area contributed by atoms with Crippen LogP contribution in [0.25, 0.3) is 0 Å². The molecule has 2 aromatic rings. The van der Waals surface area contributed by atoms with Crippen LogP contribution in [0.1, 0.15) is 56.4 Å². The van der Waals surface area contributed by atoms with Crippen molar-refractivity contribution in [1.82, 2.24) is 10.2 Å². The summed E-state index contributed by atoms with van der Waals surface area (Å²) in [6, 6.07) is 8.88. The Morgan fingerprint density at radius 3 is 2.92 bits per heavy atom. The maximum Gasteiger partial charge on any atom is 0.277 e. The van der Waals surface area contributed by atoms with Gasteiger partial charge in [-0.05, 0) is 38.0 Å². The van der Waals surface area contributed by atoms with Crippen molar-refractivity contribution in [1.29, 1.82) is 5.26 Å². The largest absolute Gasteiger partial charge is 0.416 e. The summed E-state index contributed by atoms with van der Waals surface area (Å²) in [5.74, 6) is 0.877. The van der Waals surface area contributed by atoms with Crippen molar-refractivity contribution >= 4 is 23.4 Å². The zero-order valence-corrected chi connectivity index (χ0v) is 14.9. The van der Waals surface area contributed by atoms with Crippen LogP contribution in [0.5, 0.6) is 0 Å². The fourth-order valence-corrected chi connectivity index (χ4v) is 3.59. The summed E-state index contributed by atoms with van der Waals surface area (Å²) in [5.41, 5.74) is 1.11. The Kier molecular flexibility index (Phi) is 5.71. The summed E-state index contributed by atoms with van der Waals surface area (Å²) in [5, 5.41) is 20.0. The molecule has 1 aliphatic rings. The highest BCUT2D eigenvalue weighted by Gasteiger charge is 2.23. The average molecular weight is 356 g/mol. The Balaban J connectivity index is 1.58. The van der Waals surface area contributed by atoms with E-state index in [0.29, 0.717) is 28.3 Å². The molecule has 3 rings (SSSR count). The van der Waals surface area contributed by atoms with Gasteiger partial charge in [-0.1, -0.05) is 37.1 Å². The fraction of sp³-hybridized carbons (Fsp3) is 0.444. The highest BCUT2D eigenvalue weighted by Crippen LogP contribution is 2.33. The van der Waals surface area contributed by atoms with Gasteiger partial charge in [0.1, 0.15) is 0 Å². The molecule has 7 heteroatoms. The second kappa shape index (κ2) is 8.17. The molecule has 1 aromatic carbocycles. The number of hydrogen-bond donors (Lipinski definition) is 1. The Bertz CT molecular complexity index is 777. The maximum atomic E-state index is 12.3. The van der Waals surface area contributed by atoms with Crippen LogP contribution in [-0.4, -0.2) is 21.4 Å². The summed E-state index contributed by atoms with van der Waals surface area (Å²) in [6.45, 7) is 1.79. The molecule has 0 aliphatic heterocycles. The van der Waals surface area contributed by atoms with Crippen LogP contribution >= 0.6 is 11.8 Å². The van der Waals surface area contributed by atoms with E-state index < -0.39 is 0 Å². The molecule has 0 spiro atoms. The molecule has 1 atom stereocenters. The third-order valence-corrected chi connectivity index (χ3v) is 5.22. The van der Waals surface area contributed by atoms with Crippen molar-refractivity contribution in [2.75, 3.05) is 5.32 Å². The van der Waals surface area contributed by atoms with Crippen molar-refractivity contribution < 1.29 is 9.21 Å². The monoisotopic (exact) mass is 356 g/mol. The minimum Gasteiger partial charge on any atom is -0.416 e. The molecule has 1 N–H and O–H groups in total. The van der Waals surface area contributed by atoms with Crippen LogP contribution in [0.15, 0.2) is 33.9 Å². The van der Waals surface area contributed by atoms with Gasteiger partial charge in [-0.3, -0.25) is 4.79 Å². The van der Waals surface area contributed by atoms with Crippen molar-refractivity contribution in [2.45, 2.75) is 55.4 Å². The van der Waals surface area contributed by atoms with E-state index in [1.807, 2.05) is 0 Å². The SMILES string of the molecule is C[C@@H](Sc1nnc(C2CCCCC2)o1)C(=O)Nc1cccc(C#N)c1. The topological polar surface area (TPSA) is 91.8 Å². The van der Waals surface area contributed by atoms with Crippen molar-refractivity contribution in [2.24, 2.45) is 0 Å². The number of benzene rings is 1. The fourth-order valence-electron chi connectivity index (χ4n) is 2.90. The quantitative estimate of drug-likeness (QED) is 0.811. The first-order valence-corrected chi connectivity index (χ1v) is 9.35. The lowest BCUT2D eigenvalue weighted by molar-refractivity contribution is -0.115. The molecular formula is C18H20N4O2S. The lowest BCUT2D eigenvalue weighted by atomic mass is 9.89. The van der Waals surface area contributed by atoms with Gasteiger partial charge >= 0.3 is 0 Å². The molecule has 0 saturated heterocycles.